The number of rotatable bonds is 4. The van der Waals surface area contributed by atoms with Gasteiger partial charge >= 0.3 is 0 Å². The summed E-state index contributed by atoms with van der Waals surface area (Å²) >= 11 is 5.08. The third kappa shape index (κ3) is 4.01. The van der Waals surface area contributed by atoms with E-state index in [4.69, 9.17) is 21.9 Å². The van der Waals surface area contributed by atoms with E-state index in [1.807, 2.05) is 24.3 Å². The molecule has 0 aliphatic carbocycles. The fourth-order valence-corrected chi connectivity index (χ4v) is 4.27. The number of nitrogen functional groups attached to an aromatic ring is 1. The maximum Gasteiger partial charge on any atom is 0.267 e. The molecule has 1 atom stereocenters. The second kappa shape index (κ2) is 7.92. The summed E-state index contributed by atoms with van der Waals surface area (Å²) in [6, 6.07) is 17.1. The number of anilines is 2. The van der Waals surface area contributed by atoms with Crippen LogP contribution in [0.5, 0.6) is 0 Å². The number of fused-ring (bicyclic) bond motifs is 1. The molecule has 2 aromatic heterocycles. The number of nitrogens with zero attached hydrogens (tertiary/aromatic N) is 1. The lowest BCUT2D eigenvalue weighted by atomic mass is 10.1. The Morgan fingerprint density at radius 3 is 2.41 bits per heavy atom. The van der Waals surface area contributed by atoms with Crippen LogP contribution in [0.4, 0.5) is 11.4 Å². The zero-order valence-corrected chi connectivity index (χ0v) is 17.1. The summed E-state index contributed by atoms with van der Waals surface area (Å²) in [7, 11) is 0. The number of benzene rings is 2. The second-order valence-electron chi connectivity index (χ2n) is 6.13. The molecular weight excluding hydrogens is 430 g/mol. The topological polar surface area (TPSA) is 105 Å². The maximum absolute atomic E-state index is 12.7. The Balaban J connectivity index is 1.63. The number of carbonyl (C=O) groups is 1. The molecule has 0 aliphatic rings. The monoisotopic (exact) mass is 443 g/mol. The number of thiophene rings is 1. The Labute approximate surface area is 177 Å². The van der Waals surface area contributed by atoms with Crippen molar-refractivity contribution in [3.8, 4) is 11.3 Å². The van der Waals surface area contributed by atoms with Gasteiger partial charge in [-0.2, -0.15) is 0 Å². The van der Waals surface area contributed by atoms with Gasteiger partial charge in [0.2, 0.25) is 0 Å². The van der Waals surface area contributed by atoms with E-state index in [2.05, 4.69) is 10.3 Å². The van der Waals surface area contributed by atoms with E-state index >= 15 is 0 Å². The van der Waals surface area contributed by atoms with Crippen LogP contribution in [0.15, 0.2) is 65.6 Å². The van der Waals surface area contributed by atoms with Crippen molar-refractivity contribution in [2.45, 2.75) is 4.90 Å². The number of hydrogen-bond donors (Lipinski definition) is 3. The quantitative estimate of drug-likeness (QED) is 0.383. The Hall–Kier alpha value is -2.78. The van der Waals surface area contributed by atoms with Gasteiger partial charge in [0.15, 0.2) is 11.1 Å². The average Bonchev–Trinajstić information content (AvgIpc) is 3.05. The SMILES string of the molecule is Nc1c(C(=O)Nc2ccc(S(=O)O)cc2)sc2nc(-c3ccc(Cl)cc3)ccc12. The number of pyridine rings is 1. The maximum atomic E-state index is 12.7. The summed E-state index contributed by atoms with van der Waals surface area (Å²) in [4.78, 5) is 18.6. The van der Waals surface area contributed by atoms with E-state index in [9.17, 15) is 9.00 Å². The van der Waals surface area contributed by atoms with Gasteiger partial charge in [0.25, 0.3) is 5.91 Å². The molecule has 0 saturated carbocycles. The molecular formula is C20H14ClN3O3S2. The van der Waals surface area contributed by atoms with Crippen LogP contribution < -0.4 is 11.1 Å². The van der Waals surface area contributed by atoms with Crippen molar-refractivity contribution in [1.29, 1.82) is 0 Å². The zero-order chi connectivity index (χ0) is 20.5. The molecule has 0 saturated heterocycles. The van der Waals surface area contributed by atoms with E-state index in [0.29, 0.717) is 31.5 Å². The molecule has 29 heavy (non-hydrogen) atoms. The van der Waals surface area contributed by atoms with E-state index in [1.165, 1.54) is 23.5 Å². The number of nitrogens with two attached hydrogens (primary N) is 1. The van der Waals surface area contributed by atoms with Crippen molar-refractivity contribution in [3.63, 3.8) is 0 Å². The van der Waals surface area contributed by atoms with Gasteiger partial charge in [0.1, 0.15) is 9.71 Å². The Kier molecular flexibility index (Phi) is 5.33. The second-order valence-corrected chi connectivity index (χ2v) is 8.53. The van der Waals surface area contributed by atoms with Gasteiger partial charge in [-0.15, -0.1) is 11.3 Å². The molecule has 9 heteroatoms. The van der Waals surface area contributed by atoms with Crippen LogP contribution in [0, 0.1) is 0 Å². The van der Waals surface area contributed by atoms with Gasteiger partial charge in [-0.3, -0.25) is 4.79 Å². The zero-order valence-electron chi connectivity index (χ0n) is 14.8. The van der Waals surface area contributed by atoms with Crippen LogP contribution in [0.3, 0.4) is 0 Å². The minimum absolute atomic E-state index is 0.253. The van der Waals surface area contributed by atoms with Gasteiger partial charge in [0, 0.05) is 21.7 Å². The lowest BCUT2D eigenvalue weighted by Crippen LogP contribution is -2.11. The molecule has 4 aromatic rings. The fourth-order valence-electron chi connectivity index (χ4n) is 2.79. The van der Waals surface area contributed by atoms with Gasteiger partial charge < -0.3 is 15.6 Å². The van der Waals surface area contributed by atoms with E-state index in [1.54, 1.807) is 24.3 Å². The third-order valence-corrected chi connectivity index (χ3v) is 6.30. The van der Waals surface area contributed by atoms with Crippen LogP contribution in [0.1, 0.15) is 9.67 Å². The number of halogens is 1. The first-order valence-corrected chi connectivity index (χ1v) is 10.7. The highest BCUT2D eigenvalue weighted by molar-refractivity contribution is 7.79. The highest BCUT2D eigenvalue weighted by atomic mass is 35.5. The highest BCUT2D eigenvalue weighted by Crippen LogP contribution is 2.34. The van der Waals surface area contributed by atoms with Gasteiger partial charge in [-0.05, 0) is 48.5 Å². The summed E-state index contributed by atoms with van der Waals surface area (Å²) < 4.78 is 20.1. The van der Waals surface area contributed by atoms with Crippen molar-refractivity contribution in [1.82, 2.24) is 4.98 Å². The van der Waals surface area contributed by atoms with Crippen molar-refractivity contribution < 1.29 is 13.6 Å². The van der Waals surface area contributed by atoms with Crippen LogP contribution in [-0.4, -0.2) is 19.7 Å². The van der Waals surface area contributed by atoms with E-state index in [0.717, 1.165) is 11.3 Å². The van der Waals surface area contributed by atoms with Crippen LogP contribution in [0.2, 0.25) is 5.02 Å². The Bertz CT molecular complexity index is 1240. The predicted molar refractivity (Wildman–Crippen MR) is 118 cm³/mol. The number of nitrogens with one attached hydrogen (secondary N) is 1. The van der Waals surface area contributed by atoms with Crippen molar-refractivity contribution in [3.05, 3.63) is 70.6 Å². The van der Waals surface area contributed by atoms with Crippen LogP contribution >= 0.6 is 22.9 Å². The van der Waals surface area contributed by atoms with E-state index < -0.39 is 11.1 Å². The number of carbonyl (C=O) groups excluding carboxylic acids is 1. The summed E-state index contributed by atoms with van der Waals surface area (Å²) in [6.45, 7) is 0. The molecule has 0 aliphatic heterocycles. The fraction of sp³-hybridized carbons (Fsp3) is 0. The largest absolute Gasteiger partial charge is 0.397 e. The average molecular weight is 444 g/mol. The van der Waals surface area contributed by atoms with Crippen LogP contribution in [-0.2, 0) is 11.1 Å². The summed E-state index contributed by atoms with van der Waals surface area (Å²) in [5.74, 6) is -0.364. The molecule has 0 bridgehead atoms. The molecule has 146 valence electrons. The molecule has 0 radical (unpaired) electrons. The first-order chi connectivity index (χ1) is 13.9. The molecule has 2 heterocycles. The minimum Gasteiger partial charge on any atom is -0.397 e. The van der Waals surface area contributed by atoms with Gasteiger partial charge in [-0.25, -0.2) is 9.19 Å². The smallest absolute Gasteiger partial charge is 0.267 e. The molecule has 6 nitrogen and oxygen atoms in total. The number of aromatic nitrogens is 1. The normalized spacial score (nSPS) is 12.1. The summed E-state index contributed by atoms with van der Waals surface area (Å²) in [5.41, 5.74) is 8.72. The molecule has 2 aromatic carbocycles. The van der Waals surface area contributed by atoms with Gasteiger partial charge in [-0.1, -0.05) is 23.7 Å². The summed E-state index contributed by atoms with van der Waals surface area (Å²) in [6.07, 6.45) is 0. The molecule has 1 amide bonds. The van der Waals surface area contributed by atoms with Crippen molar-refractivity contribution >= 4 is 61.5 Å². The number of amides is 1. The first kappa shape index (κ1) is 19.5. The van der Waals surface area contributed by atoms with Gasteiger partial charge in [0.05, 0.1) is 16.3 Å². The predicted octanol–water partition coefficient (Wildman–Crippen LogP) is 5.03. The molecule has 0 spiro atoms. The van der Waals surface area contributed by atoms with Crippen LogP contribution in [0.25, 0.3) is 21.5 Å². The molecule has 0 fully saturated rings. The lowest BCUT2D eigenvalue weighted by molar-refractivity contribution is 0.103. The molecule has 1 unspecified atom stereocenters. The molecule has 4 N–H and O–H groups in total. The van der Waals surface area contributed by atoms with Crippen molar-refractivity contribution in [2.75, 3.05) is 11.1 Å². The first-order valence-electron chi connectivity index (χ1n) is 8.39. The Morgan fingerprint density at radius 2 is 1.76 bits per heavy atom. The Morgan fingerprint density at radius 1 is 1.07 bits per heavy atom. The van der Waals surface area contributed by atoms with E-state index in [-0.39, 0.29) is 10.8 Å². The minimum atomic E-state index is -2.07. The highest BCUT2D eigenvalue weighted by Gasteiger charge is 2.18. The number of hydrogen-bond acceptors (Lipinski definition) is 5. The van der Waals surface area contributed by atoms with Crippen molar-refractivity contribution in [2.24, 2.45) is 0 Å². The third-order valence-electron chi connectivity index (χ3n) is 4.25. The standard InChI is InChI=1S/C20H14ClN3O3S2/c21-12-3-1-11(2-4-12)16-10-9-15-17(22)18(28-20(15)24-16)19(25)23-13-5-7-14(8-6-13)29(26)27/h1-10H,22H2,(H,23,25)(H,26,27). The molecule has 4 rings (SSSR count). The lowest BCUT2D eigenvalue weighted by Gasteiger charge is -2.05. The summed E-state index contributed by atoms with van der Waals surface area (Å²) in [5, 5.41) is 4.10.